The van der Waals surface area contributed by atoms with Crippen molar-refractivity contribution in [1.82, 2.24) is 15.1 Å². The molecule has 4 nitrogen and oxygen atoms in total. The summed E-state index contributed by atoms with van der Waals surface area (Å²) in [5.41, 5.74) is 2.81. The lowest BCUT2D eigenvalue weighted by Crippen LogP contribution is -2.25. The molecule has 112 valence electrons. The van der Waals surface area contributed by atoms with Gasteiger partial charge in [-0.3, -0.25) is 9.48 Å². The molecule has 0 aliphatic heterocycles. The molecule has 0 aliphatic carbocycles. The minimum absolute atomic E-state index is 0.0669. The van der Waals surface area contributed by atoms with Crippen molar-refractivity contribution in [2.45, 2.75) is 26.8 Å². The topological polar surface area (TPSA) is 46.9 Å². The lowest BCUT2D eigenvalue weighted by atomic mass is 10.2. The largest absolute Gasteiger partial charge is 0.352 e. The SMILES string of the molecule is Cc1cc(C)n(CCCNC(=O)c2ccc(Br)cc2Br)n1. The number of aryl methyl sites for hydroxylation is 3. The first-order chi connectivity index (χ1) is 9.97. The smallest absolute Gasteiger partial charge is 0.252 e. The molecule has 1 aromatic heterocycles. The summed E-state index contributed by atoms with van der Waals surface area (Å²) >= 11 is 6.77. The highest BCUT2D eigenvalue weighted by Gasteiger charge is 2.09. The highest BCUT2D eigenvalue weighted by atomic mass is 79.9. The Morgan fingerprint density at radius 3 is 2.67 bits per heavy atom. The highest BCUT2D eigenvalue weighted by Crippen LogP contribution is 2.21. The zero-order valence-electron chi connectivity index (χ0n) is 12.0. The molecule has 0 bridgehead atoms. The summed E-state index contributed by atoms with van der Waals surface area (Å²) in [5.74, 6) is -0.0669. The van der Waals surface area contributed by atoms with Gasteiger partial charge in [-0.2, -0.15) is 5.10 Å². The lowest BCUT2D eigenvalue weighted by Gasteiger charge is -2.08. The average Bonchev–Trinajstić information content (AvgIpc) is 2.73. The van der Waals surface area contributed by atoms with E-state index in [1.165, 1.54) is 0 Å². The molecule has 0 radical (unpaired) electrons. The quantitative estimate of drug-likeness (QED) is 0.755. The molecule has 2 rings (SSSR count). The van der Waals surface area contributed by atoms with Crippen LogP contribution in [0, 0.1) is 13.8 Å². The zero-order chi connectivity index (χ0) is 15.4. The van der Waals surface area contributed by atoms with Crippen molar-refractivity contribution in [1.29, 1.82) is 0 Å². The van der Waals surface area contributed by atoms with E-state index in [0.29, 0.717) is 12.1 Å². The van der Waals surface area contributed by atoms with Crippen LogP contribution in [0.4, 0.5) is 0 Å². The molecule has 2 aromatic rings. The second-order valence-corrected chi connectivity index (χ2v) is 6.65. The third-order valence-corrected chi connectivity index (χ3v) is 4.26. The molecule has 1 amide bonds. The van der Waals surface area contributed by atoms with E-state index < -0.39 is 0 Å². The van der Waals surface area contributed by atoms with Crippen LogP contribution in [-0.2, 0) is 6.54 Å². The first-order valence-corrected chi connectivity index (χ1v) is 8.30. The maximum Gasteiger partial charge on any atom is 0.252 e. The van der Waals surface area contributed by atoms with Crippen LogP contribution in [0.5, 0.6) is 0 Å². The fourth-order valence-electron chi connectivity index (χ4n) is 2.10. The van der Waals surface area contributed by atoms with Gasteiger partial charge in [0.05, 0.1) is 11.3 Å². The van der Waals surface area contributed by atoms with E-state index in [9.17, 15) is 4.79 Å². The molecule has 6 heteroatoms. The first kappa shape index (κ1) is 16.2. The number of amides is 1. The van der Waals surface area contributed by atoms with E-state index in [1.54, 1.807) is 6.07 Å². The van der Waals surface area contributed by atoms with Gasteiger partial charge in [-0.1, -0.05) is 15.9 Å². The zero-order valence-corrected chi connectivity index (χ0v) is 15.2. The fourth-order valence-corrected chi connectivity index (χ4v) is 3.33. The maximum absolute atomic E-state index is 12.1. The molecular formula is C15H17Br2N3O. The van der Waals surface area contributed by atoms with E-state index in [1.807, 2.05) is 30.7 Å². The molecule has 0 fully saturated rings. The number of hydrogen-bond acceptors (Lipinski definition) is 2. The Kier molecular flexibility index (Phi) is 5.58. The van der Waals surface area contributed by atoms with Crippen molar-refractivity contribution in [2.24, 2.45) is 0 Å². The Labute approximate surface area is 141 Å². The van der Waals surface area contributed by atoms with Crippen LogP contribution in [0.1, 0.15) is 28.2 Å². The number of nitrogens with zero attached hydrogens (tertiary/aromatic N) is 2. The molecule has 0 spiro atoms. The molecule has 0 saturated heterocycles. The summed E-state index contributed by atoms with van der Waals surface area (Å²) in [4.78, 5) is 12.1. The number of nitrogens with one attached hydrogen (secondary N) is 1. The first-order valence-electron chi connectivity index (χ1n) is 6.71. The Balaban J connectivity index is 1.83. The van der Waals surface area contributed by atoms with Crippen molar-refractivity contribution in [3.8, 4) is 0 Å². The van der Waals surface area contributed by atoms with Crippen LogP contribution < -0.4 is 5.32 Å². The number of aromatic nitrogens is 2. The molecule has 0 saturated carbocycles. The monoisotopic (exact) mass is 413 g/mol. The van der Waals surface area contributed by atoms with Crippen LogP contribution in [0.25, 0.3) is 0 Å². The molecule has 21 heavy (non-hydrogen) atoms. The van der Waals surface area contributed by atoms with Crippen molar-refractivity contribution >= 4 is 37.8 Å². The molecule has 1 N–H and O–H groups in total. The summed E-state index contributed by atoms with van der Waals surface area (Å²) in [7, 11) is 0. The number of hydrogen-bond donors (Lipinski definition) is 1. The van der Waals surface area contributed by atoms with Crippen LogP contribution in [0.2, 0.25) is 0 Å². The van der Waals surface area contributed by atoms with Crippen molar-refractivity contribution < 1.29 is 4.79 Å². The van der Waals surface area contributed by atoms with E-state index in [0.717, 1.165) is 33.3 Å². The van der Waals surface area contributed by atoms with Gasteiger partial charge in [0.1, 0.15) is 0 Å². The van der Waals surface area contributed by atoms with E-state index in [2.05, 4.69) is 48.3 Å². The van der Waals surface area contributed by atoms with Gasteiger partial charge < -0.3 is 5.32 Å². The third-order valence-electron chi connectivity index (χ3n) is 3.11. The predicted molar refractivity (Wildman–Crippen MR) is 90.5 cm³/mol. The van der Waals surface area contributed by atoms with Gasteiger partial charge in [-0.05, 0) is 60.5 Å². The number of carbonyl (C=O) groups is 1. The van der Waals surface area contributed by atoms with Crippen LogP contribution in [0.15, 0.2) is 33.2 Å². The Hall–Kier alpha value is -1.14. The fraction of sp³-hybridized carbons (Fsp3) is 0.333. The van der Waals surface area contributed by atoms with E-state index >= 15 is 0 Å². The summed E-state index contributed by atoms with van der Waals surface area (Å²) in [5, 5.41) is 7.33. The second kappa shape index (κ2) is 7.22. The second-order valence-electron chi connectivity index (χ2n) is 4.88. The third kappa shape index (κ3) is 4.41. The van der Waals surface area contributed by atoms with Gasteiger partial charge in [-0.15, -0.1) is 0 Å². The van der Waals surface area contributed by atoms with Crippen LogP contribution in [-0.4, -0.2) is 22.2 Å². The van der Waals surface area contributed by atoms with Gasteiger partial charge in [0.15, 0.2) is 0 Å². The highest BCUT2D eigenvalue weighted by molar-refractivity contribution is 9.11. The standard InChI is InChI=1S/C15H17Br2N3O/c1-10-8-11(2)20(19-10)7-3-6-18-15(21)13-5-4-12(16)9-14(13)17/h4-5,8-9H,3,6-7H2,1-2H3,(H,18,21). The van der Waals surface area contributed by atoms with Crippen LogP contribution in [0.3, 0.4) is 0 Å². The summed E-state index contributed by atoms with van der Waals surface area (Å²) in [6.45, 7) is 5.45. The summed E-state index contributed by atoms with van der Waals surface area (Å²) in [6.07, 6.45) is 0.849. The Bertz CT molecular complexity index is 652. The molecule has 0 atom stereocenters. The minimum Gasteiger partial charge on any atom is -0.352 e. The van der Waals surface area contributed by atoms with Crippen molar-refractivity contribution in [3.05, 3.63) is 50.2 Å². The maximum atomic E-state index is 12.1. The number of halogens is 2. The van der Waals surface area contributed by atoms with Gasteiger partial charge in [-0.25, -0.2) is 0 Å². The molecular weight excluding hydrogens is 398 g/mol. The average molecular weight is 415 g/mol. The number of carbonyl (C=O) groups excluding carboxylic acids is 1. The van der Waals surface area contributed by atoms with E-state index in [4.69, 9.17) is 0 Å². The lowest BCUT2D eigenvalue weighted by molar-refractivity contribution is 0.0952. The molecule has 0 aliphatic rings. The van der Waals surface area contributed by atoms with Crippen molar-refractivity contribution in [2.75, 3.05) is 6.54 Å². The Morgan fingerprint density at radius 1 is 1.29 bits per heavy atom. The Morgan fingerprint density at radius 2 is 2.05 bits per heavy atom. The molecule has 0 unspecified atom stereocenters. The summed E-state index contributed by atoms with van der Waals surface area (Å²) < 4.78 is 3.69. The molecule has 1 aromatic carbocycles. The van der Waals surface area contributed by atoms with Crippen LogP contribution >= 0.6 is 31.9 Å². The number of benzene rings is 1. The van der Waals surface area contributed by atoms with Gasteiger partial charge in [0, 0.05) is 27.7 Å². The normalized spacial score (nSPS) is 10.7. The summed E-state index contributed by atoms with van der Waals surface area (Å²) in [6, 6.07) is 7.57. The van der Waals surface area contributed by atoms with Gasteiger partial charge in [0.25, 0.3) is 5.91 Å². The number of rotatable bonds is 5. The van der Waals surface area contributed by atoms with Gasteiger partial charge in [0.2, 0.25) is 0 Å². The minimum atomic E-state index is -0.0669. The molecule has 1 heterocycles. The van der Waals surface area contributed by atoms with E-state index in [-0.39, 0.29) is 5.91 Å². The van der Waals surface area contributed by atoms with Crippen molar-refractivity contribution in [3.63, 3.8) is 0 Å². The predicted octanol–water partition coefficient (Wildman–Crippen LogP) is 3.85. The van der Waals surface area contributed by atoms with Gasteiger partial charge >= 0.3 is 0 Å².